The molecule has 0 spiro atoms. The molecule has 0 radical (unpaired) electrons. The van der Waals surface area contributed by atoms with Gasteiger partial charge in [0.2, 0.25) is 10.0 Å². The summed E-state index contributed by atoms with van der Waals surface area (Å²) in [6, 6.07) is 6.31. The van der Waals surface area contributed by atoms with Crippen molar-refractivity contribution in [2.45, 2.75) is 17.5 Å². The Hall–Kier alpha value is -1.18. The van der Waals surface area contributed by atoms with E-state index in [0.717, 1.165) is 5.56 Å². The summed E-state index contributed by atoms with van der Waals surface area (Å²) in [7, 11) is -3.62. The average Bonchev–Trinajstić information content (AvgIpc) is 2.34. The van der Waals surface area contributed by atoms with E-state index in [2.05, 4.69) is 10.0 Å². The summed E-state index contributed by atoms with van der Waals surface area (Å²) in [5, 5.41) is 2.14. The molecule has 0 aliphatic heterocycles. The van der Waals surface area contributed by atoms with Crippen molar-refractivity contribution in [3.8, 4) is 0 Å². The molecule has 0 saturated heterocycles. The molecule has 1 atom stereocenters. The van der Waals surface area contributed by atoms with Crippen molar-refractivity contribution in [2.75, 3.05) is 13.1 Å². The van der Waals surface area contributed by atoms with E-state index in [1.165, 1.54) is 12.1 Å². The number of hydrogen-bond donors (Lipinski definition) is 2. The maximum atomic E-state index is 12.3. The van der Waals surface area contributed by atoms with E-state index >= 15 is 0 Å². The Morgan fingerprint density at radius 2 is 1.89 bits per heavy atom. The molecule has 0 aliphatic carbocycles. The summed E-state index contributed by atoms with van der Waals surface area (Å²) in [4.78, 5) is 10.9. The average molecular weight is 309 g/mol. The molecule has 0 bridgehead atoms. The number of alkyl halides is 2. The molecule has 1 aromatic rings. The normalized spacial score (nSPS) is 13.0. The Morgan fingerprint density at radius 1 is 1.32 bits per heavy atom. The number of amides is 1. The second kappa shape index (κ2) is 6.83. The van der Waals surface area contributed by atoms with Crippen LogP contribution in [0.4, 0.5) is 4.39 Å². The SMILES string of the molecule is Cc1ccc(S(=O)(=O)NCCNC(=O)C(F)Cl)cc1. The van der Waals surface area contributed by atoms with Crippen LogP contribution in [0.5, 0.6) is 0 Å². The molecular formula is C11H14ClFN2O3S. The Morgan fingerprint density at radius 3 is 2.42 bits per heavy atom. The first-order valence-corrected chi connectivity index (χ1v) is 7.37. The van der Waals surface area contributed by atoms with E-state index in [1.54, 1.807) is 12.1 Å². The molecule has 5 nitrogen and oxygen atoms in total. The van der Waals surface area contributed by atoms with Gasteiger partial charge in [-0.2, -0.15) is 0 Å². The van der Waals surface area contributed by atoms with Gasteiger partial charge >= 0.3 is 0 Å². The number of halogens is 2. The smallest absolute Gasteiger partial charge is 0.270 e. The van der Waals surface area contributed by atoms with Crippen molar-refractivity contribution in [1.82, 2.24) is 10.0 Å². The fraction of sp³-hybridized carbons (Fsp3) is 0.364. The summed E-state index contributed by atoms with van der Waals surface area (Å²) < 4.78 is 38.2. The monoisotopic (exact) mass is 308 g/mol. The lowest BCUT2D eigenvalue weighted by Gasteiger charge is -2.08. The van der Waals surface area contributed by atoms with Crippen LogP contribution in [0.2, 0.25) is 0 Å². The van der Waals surface area contributed by atoms with Crippen molar-refractivity contribution in [3.05, 3.63) is 29.8 Å². The molecule has 1 aromatic carbocycles. The summed E-state index contributed by atoms with van der Waals surface area (Å²) in [6.45, 7) is 1.75. The number of sulfonamides is 1. The predicted octanol–water partition coefficient (Wildman–Crippen LogP) is 0.924. The van der Waals surface area contributed by atoms with Gasteiger partial charge in [-0.05, 0) is 19.1 Å². The summed E-state index contributed by atoms with van der Waals surface area (Å²) >= 11 is 4.89. The zero-order valence-electron chi connectivity index (χ0n) is 10.2. The van der Waals surface area contributed by atoms with Gasteiger partial charge in [-0.15, -0.1) is 0 Å². The van der Waals surface area contributed by atoms with Crippen molar-refractivity contribution in [1.29, 1.82) is 0 Å². The maximum absolute atomic E-state index is 12.3. The number of aryl methyl sites for hydroxylation is 1. The van der Waals surface area contributed by atoms with E-state index in [1.807, 2.05) is 6.92 Å². The number of carbonyl (C=O) groups excluding carboxylic acids is 1. The predicted molar refractivity (Wildman–Crippen MR) is 70.1 cm³/mol. The van der Waals surface area contributed by atoms with Crippen molar-refractivity contribution in [3.63, 3.8) is 0 Å². The van der Waals surface area contributed by atoms with E-state index in [9.17, 15) is 17.6 Å². The van der Waals surface area contributed by atoms with Crippen LogP contribution < -0.4 is 10.0 Å². The highest BCUT2D eigenvalue weighted by atomic mass is 35.5. The molecule has 0 saturated carbocycles. The lowest BCUT2D eigenvalue weighted by molar-refractivity contribution is -0.123. The third-order valence-corrected chi connectivity index (χ3v) is 3.92. The molecule has 1 amide bonds. The summed E-state index contributed by atoms with van der Waals surface area (Å²) in [5.74, 6) is -0.990. The van der Waals surface area contributed by atoms with Gasteiger partial charge < -0.3 is 5.32 Å². The van der Waals surface area contributed by atoms with Crippen molar-refractivity contribution >= 4 is 27.5 Å². The first-order valence-electron chi connectivity index (χ1n) is 5.45. The lowest BCUT2D eigenvalue weighted by Crippen LogP contribution is -2.36. The molecule has 0 heterocycles. The van der Waals surface area contributed by atoms with Crippen LogP contribution in [0, 0.1) is 6.92 Å². The minimum absolute atomic E-state index is 0.0446. The third-order valence-electron chi connectivity index (χ3n) is 2.25. The molecule has 1 rings (SSSR count). The van der Waals surface area contributed by atoms with Crippen LogP contribution in [-0.2, 0) is 14.8 Å². The quantitative estimate of drug-likeness (QED) is 0.606. The topological polar surface area (TPSA) is 75.3 Å². The van der Waals surface area contributed by atoms with Crippen molar-refractivity contribution < 1.29 is 17.6 Å². The van der Waals surface area contributed by atoms with E-state index in [-0.39, 0.29) is 18.0 Å². The number of rotatable bonds is 6. The van der Waals surface area contributed by atoms with Gasteiger partial charge in [-0.25, -0.2) is 17.5 Å². The van der Waals surface area contributed by atoms with Crippen LogP contribution in [0.15, 0.2) is 29.2 Å². The number of carbonyl (C=O) groups is 1. The van der Waals surface area contributed by atoms with Crippen molar-refractivity contribution in [2.24, 2.45) is 0 Å². The Bertz CT molecular complexity index is 531. The highest BCUT2D eigenvalue weighted by molar-refractivity contribution is 7.89. The van der Waals surface area contributed by atoms with Gasteiger partial charge in [0.25, 0.3) is 11.5 Å². The first kappa shape index (κ1) is 15.9. The molecular weight excluding hydrogens is 295 g/mol. The maximum Gasteiger partial charge on any atom is 0.270 e. The molecule has 0 aromatic heterocycles. The second-order valence-corrected chi connectivity index (χ2v) is 5.95. The molecule has 106 valence electrons. The highest BCUT2D eigenvalue weighted by Crippen LogP contribution is 2.09. The van der Waals surface area contributed by atoms with Crippen LogP contribution in [0.25, 0.3) is 0 Å². The van der Waals surface area contributed by atoms with E-state index < -0.39 is 21.6 Å². The Balaban J connectivity index is 2.48. The molecule has 0 fully saturated rings. The van der Waals surface area contributed by atoms with Crippen LogP contribution in [-0.4, -0.2) is 33.0 Å². The minimum atomic E-state index is -3.62. The first-order chi connectivity index (χ1) is 8.83. The highest BCUT2D eigenvalue weighted by Gasteiger charge is 2.14. The second-order valence-electron chi connectivity index (χ2n) is 3.80. The zero-order chi connectivity index (χ0) is 14.5. The van der Waals surface area contributed by atoms with Gasteiger partial charge in [0.1, 0.15) is 0 Å². The molecule has 1 unspecified atom stereocenters. The van der Waals surface area contributed by atoms with Gasteiger partial charge in [0, 0.05) is 13.1 Å². The van der Waals surface area contributed by atoms with Gasteiger partial charge in [0.15, 0.2) is 0 Å². The Labute approximate surface area is 116 Å². The Kier molecular flexibility index (Phi) is 5.71. The zero-order valence-corrected chi connectivity index (χ0v) is 11.8. The molecule has 8 heteroatoms. The standard InChI is InChI=1S/C11H14ClFN2O3S/c1-8-2-4-9(5-3-8)19(17,18)15-7-6-14-11(16)10(12)13/h2-5,10,15H,6-7H2,1H3,(H,14,16). The van der Waals surface area contributed by atoms with E-state index in [0.29, 0.717) is 0 Å². The molecule has 19 heavy (non-hydrogen) atoms. The summed E-state index contributed by atoms with van der Waals surface area (Å²) in [5.41, 5.74) is -1.18. The number of benzene rings is 1. The number of nitrogens with one attached hydrogen (secondary N) is 2. The van der Waals surface area contributed by atoms with Gasteiger partial charge in [-0.1, -0.05) is 29.3 Å². The fourth-order valence-electron chi connectivity index (χ4n) is 1.25. The van der Waals surface area contributed by atoms with Gasteiger partial charge in [0.05, 0.1) is 4.90 Å². The van der Waals surface area contributed by atoms with Crippen LogP contribution >= 0.6 is 11.6 Å². The fourth-order valence-corrected chi connectivity index (χ4v) is 2.36. The molecule has 2 N–H and O–H groups in total. The lowest BCUT2D eigenvalue weighted by atomic mass is 10.2. The summed E-state index contributed by atoms with van der Waals surface area (Å²) in [6.07, 6.45) is 0. The van der Waals surface area contributed by atoms with E-state index in [4.69, 9.17) is 11.6 Å². The third kappa shape index (κ3) is 5.14. The molecule has 0 aliphatic rings. The van der Waals surface area contributed by atoms with Gasteiger partial charge in [-0.3, -0.25) is 4.79 Å². The number of hydrogen-bond acceptors (Lipinski definition) is 3. The minimum Gasteiger partial charge on any atom is -0.351 e. The van der Waals surface area contributed by atoms with Crippen LogP contribution in [0.1, 0.15) is 5.56 Å². The largest absolute Gasteiger partial charge is 0.351 e. The van der Waals surface area contributed by atoms with Crippen LogP contribution in [0.3, 0.4) is 0 Å².